The minimum atomic E-state index is -3.86. The Morgan fingerprint density at radius 1 is 0.853 bits per heavy atom. The second-order valence-electron chi connectivity index (χ2n) is 8.62. The summed E-state index contributed by atoms with van der Waals surface area (Å²) in [6.45, 7) is -0.230. The molecule has 1 aliphatic carbocycles. The van der Waals surface area contributed by atoms with Gasteiger partial charge in [-0.05, 0) is 48.2 Å². The molecule has 1 N–H and O–H groups in total. The van der Waals surface area contributed by atoms with E-state index in [0.717, 1.165) is 43.2 Å². The van der Waals surface area contributed by atoms with E-state index < -0.39 is 10.0 Å². The van der Waals surface area contributed by atoms with Crippen molar-refractivity contribution in [3.63, 3.8) is 0 Å². The molecule has 0 aromatic heterocycles. The molecule has 0 bridgehead atoms. The molecular weight excluding hydrogens is 468 g/mol. The van der Waals surface area contributed by atoms with Crippen molar-refractivity contribution in [3.8, 4) is 0 Å². The highest BCUT2D eigenvalue weighted by Gasteiger charge is 2.34. The van der Waals surface area contributed by atoms with Crippen molar-refractivity contribution in [2.45, 2.75) is 49.1 Å². The van der Waals surface area contributed by atoms with E-state index in [4.69, 9.17) is 11.6 Å². The van der Waals surface area contributed by atoms with Gasteiger partial charge in [0.25, 0.3) is 0 Å². The number of amides is 1. The van der Waals surface area contributed by atoms with Crippen molar-refractivity contribution in [1.82, 2.24) is 9.62 Å². The van der Waals surface area contributed by atoms with Gasteiger partial charge in [0, 0.05) is 11.1 Å². The van der Waals surface area contributed by atoms with Crippen molar-refractivity contribution in [2.75, 3.05) is 6.54 Å². The first-order valence-corrected chi connectivity index (χ1v) is 13.4. The molecule has 1 fully saturated rings. The Hall–Kier alpha value is -2.67. The van der Waals surface area contributed by atoms with Crippen LogP contribution < -0.4 is 5.32 Å². The molecule has 178 valence electrons. The van der Waals surface area contributed by atoms with E-state index in [9.17, 15) is 13.2 Å². The lowest BCUT2D eigenvalue weighted by Crippen LogP contribution is -2.47. The number of nitrogens with zero attached hydrogens (tertiary/aromatic N) is 1. The van der Waals surface area contributed by atoms with Crippen LogP contribution in [0.4, 0.5) is 0 Å². The summed E-state index contributed by atoms with van der Waals surface area (Å²) in [5.74, 6) is -0.333. The van der Waals surface area contributed by atoms with Crippen molar-refractivity contribution in [1.29, 1.82) is 0 Å². The van der Waals surface area contributed by atoms with Crippen molar-refractivity contribution >= 4 is 27.5 Å². The van der Waals surface area contributed by atoms with Crippen LogP contribution >= 0.6 is 11.6 Å². The van der Waals surface area contributed by atoms with E-state index in [1.807, 2.05) is 60.7 Å². The molecule has 7 heteroatoms. The first-order chi connectivity index (χ1) is 16.4. The van der Waals surface area contributed by atoms with Crippen LogP contribution in [0, 0.1) is 0 Å². The Bertz CT molecular complexity index is 1140. The molecule has 0 radical (unpaired) electrons. The van der Waals surface area contributed by atoms with E-state index in [-0.39, 0.29) is 29.4 Å². The molecule has 3 aromatic carbocycles. The summed E-state index contributed by atoms with van der Waals surface area (Å²) in [5, 5.41) is 3.55. The van der Waals surface area contributed by atoms with Crippen molar-refractivity contribution < 1.29 is 13.2 Å². The van der Waals surface area contributed by atoms with Crippen molar-refractivity contribution in [2.24, 2.45) is 0 Å². The van der Waals surface area contributed by atoms with Gasteiger partial charge in [-0.3, -0.25) is 4.79 Å². The Kier molecular flexibility index (Phi) is 8.03. The predicted molar refractivity (Wildman–Crippen MR) is 135 cm³/mol. The number of hydrogen-bond acceptors (Lipinski definition) is 3. The Morgan fingerprint density at radius 2 is 1.38 bits per heavy atom. The molecule has 3 aromatic rings. The molecule has 5 nitrogen and oxygen atoms in total. The first-order valence-electron chi connectivity index (χ1n) is 11.6. The number of carbonyl (C=O) groups is 1. The summed E-state index contributed by atoms with van der Waals surface area (Å²) in [7, 11) is -3.86. The van der Waals surface area contributed by atoms with Crippen LogP contribution in [0.15, 0.2) is 89.8 Å². The molecule has 0 unspecified atom stereocenters. The number of benzene rings is 3. The largest absolute Gasteiger partial charge is 0.344 e. The van der Waals surface area contributed by atoms with Crippen LogP contribution in [0.1, 0.15) is 49.3 Å². The monoisotopic (exact) mass is 496 g/mol. The summed E-state index contributed by atoms with van der Waals surface area (Å²) in [5.41, 5.74) is 1.87. The van der Waals surface area contributed by atoms with Gasteiger partial charge in [0.2, 0.25) is 15.9 Å². The fraction of sp³-hybridized carbons (Fsp3) is 0.296. The third-order valence-electron chi connectivity index (χ3n) is 6.27. The highest BCUT2D eigenvalue weighted by atomic mass is 35.5. The van der Waals surface area contributed by atoms with Gasteiger partial charge in [-0.25, -0.2) is 8.42 Å². The third-order valence-corrected chi connectivity index (χ3v) is 8.44. The summed E-state index contributed by atoms with van der Waals surface area (Å²) in [6, 6.07) is 25.0. The quantitative estimate of drug-likeness (QED) is 0.443. The highest BCUT2D eigenvalue weighted by Crippen LogP contribution is 2.29. The van der Waals surface area contributed by atoms with Crippen molar-refractivity contribution in [3.05, 3.63) is 101 Å². The van der Waals surface area contributed by atoms with Gasteiger partial charge in [-0.2, -0.15) is 4.31 Å². The maximum absolute atomic E-state index is 13.6. The molecule has 1 saturated carbocycles. The maximum atomic E-state index is 13.6. The lowest BCUT2D eigenvalue weighted by atomic mass is 9.95. The normalized spacial score (nSPS) is 14.9. The topological polar surface area (TPSA) is 66.5 Å². The van der Waals surface area contributed by atoms with Gasteiger partial charge in [0.1, 0.15) is 0 Å². The first kappa shape index (κ1) is 24.5. The van der Waals surface area contributed by atoms with E-state index in [0.29, 0.717) is 5.02 Å². The molecular formula is C27H29ClN2O3S. The smallest absolute Gasteiger partial charge is 0.243 e. The fourth-order valence-corrected chi connectivity index (χ4v) is 6.29. The number of nitrogens with one attached hydrogen (secondary N) is 1. The average molecular weight is 497 g/mol. The lowest BCUT2D eigenvalue weighted by Gasteiger charge is -2.33. The SMILES string of the molecule is O=C(CN(C1CCCCC1)S(=O)(=O)c1ccc(Cl)cc1)NC(c1ccccc1)c1ccccc1. The number of rotatable bonds is 8. The standard InChI is InChI=1S/C27H29ClN2O3S/c28-23-16-18-25(19-17-23)34(32,33)30(24-14-8-3-9-15-24)20-26(31)29-27(21-10-4-1-5-11-21)22-12-6-2-7-13-22/h1-2,4-7,10-13,16-19,24,27H,3,8-9,14-15,20H2,(H,29,31). The van der Waals surface area contributed by atoms with E-state index in [1.54, 1.807) is 12.1 Å². The number of carbonyl (C=O) groups excluding carboxylic acids is 1. The third kappa shape index (κ3) is 5.87. The molecule has 1 amide bonds. The van der Waals surface area contributed by atoms with Crippen LogP contribution in [0.25, 0.3) is 0 Å². The zero-order valence-electron chi connectivity index (χ0n) is 18.9. The number of halogens is 1. The van der Waals surface area contributed by atoms with Gasteiger partial charge >= 0.3 is 0 Å². The van der Waals surface area contributed by atoms with E-state index in [2.05, 4.69) is 5.32 Å². The molecule has 1 aliphatic rings. The highest BCUT2D eigenvalue weighted by molar-refractivity contribution is 7.89. The van der Waals surface area contributed by atoms with Gasteiger partial charge in [-0.15, -0.1) is 0 Å². The van der Waals surface area contributed by atoms with Crippen LogP contribution in [0.5, 0.6) is 0 Å². The molecule has 0 saturated heterocycles. The maximum Gasteiger partial charge on any atom is 0.243 e. The van der Waals surface area contributed by atoms with Gasteiger partial charge in [0.15, 0.2) is 0 Å². The minimum absolute atomic E-state index is 0.151. The number of sulfonamides is 1. The van der Waals surface area contributed by atoms with Gasteiger partial charge < -0.3 is 5.32 Å². The zero-order chi connectivity index (χ0) is 24.0. The van der Waals surface area contributed by atoms with Crippen LogP contribution in [-0.4, -0.2) is 31.2 Å². The molecule has 0 heterocycles. The van der Waals surface area contributed by atoms with Crippen LogP contribution in [-0.2, 0) is 14.8 Å². The zero-order valence-corrected chi connectivity index (χ0v) is 20.5. The van der Waals surface area contributed by atoms with E-state index >= 15 is 0 Å². The molecule has 0 atom stereocenters. The van der Waals surface area contributed by atoms with Gasteiger partial charge in [0.05, 0.1) is 17.5 Å². The number of hydrogen-bond donors (Lipinski definition) is 1. The summed E-state index contributed by atoms with van der Waals surface area (Å²) >= 11 is 5.98. The Morgan fingerprint density at radius 3 is 1.91 bits per heavy atom. The molecule has 34 heavy (non-hydrogen) atoms. The summed E-state index contributed by atoms with van der Waals surface area (Å²) in [6.07, 6.45) is 4.49. The Labute approximate surface area is 206 Å². The average Bonchev–Trinajstić information content (AvgIpc) is 2.87. The lowest BCUT2D eigenvalue weighted by molar-refractivity contribution is -0.122. The second-order valence-corrected chi connectivity index (χ2v) is 10.9. The minimum Gasteiger partial charge on any atom is -0.344 e. The molecule has 0 aliphatic heterocycles. The predicted octanol–water partition coefficient (Wildman–Crippen LogP) is 5.57. The Balaban J connectivity index is 1.61. The molecule has 0 spiro atoms. The second kappa shape index (κ2) is 11.2. The van der Waals surface area contributed by atoms with Crippen LogP contribution in [0.3, 0.4) is 0 Å². The summed E-state index contributed by atoms with van der Waals surface area (Å²) in [4.78, 5) is 13.5. The van der Waals surface area contributed by atoms with Gasteiger partial charge in [-0.1, -0.05) is 91.5 Å². The molecule has 4 rings (SSSR count). The summed E-state index contributed by atoms with van der Waals surface area (Å²) < 4.78 is 28.6. The fourth-order valence-electron chi connectivity index (χ4n) is 4.52. The van der Waals surface area contributed by atoms with E-state index in [1.165, 1.54) is 16.4 Å². The van der Waals surface area contributed by atoms with Crippen LogP contribution in [0.2, 0.25) is 5.02 Å².